The van der Waals surface area contributed by atoms with E-state index in [1.165, 1.54) is 12.1 Å². The molecule has 0 aromatic heterocycles. The van der Waals surface area contributed by atoms with E-state index in [1.54, 1.807) is 6.07 Å². The zero-order chi connectivity index (χ0) is 17.1. The lowest BCUT2D eigenvalue weighted by atomic mass is 10.1. The van der Waals surface area contributed by atoms with Crippen molar-refractivity contribution in [2.24, 2.45) is 5.92 Å². The summed E-state index contributed by atoms with van der Waals surface area (Å²) in [5.41, 5.74) is 4.49. The number of anilines is 2. The number of hydrogen-bond donors (Lipinski definition) is 2. The summed E-state index contributed by atoms with van der Waals surface area (Å²) >= 11 is 2.22. The van der Waals surface area contributed by atoms with Crippen LogP contribution in [0.2, 0.25) is 0 Å². The van der Waals surface area contributed by atoms with E-state index in [4.69, 9.17) is 4.84 Å². The summed E-state index contributed by atoms with van der Waals surface area (Å²) in [6, 6.07) is 10.2. The van der Waals surface area contributed by atoms with E-state index in [0.717, 1.165) is 27.7 Å². The van der Waals surface area contributed by atoms with E-state index in [1.807, 2.05) is 25.1 Å². The van der Waals surface area contributed by atoms with Crippen LogP contribution in [0.4, 0.5) is 15.8 Å². The molecule has 1 amide bonds. The zero-order valence-electron chi connectivity index (χ0n) is 13.2. The summed E-state index contributed by atoms with van der Waals surface area (Å²) in [7, 11) is 0. The van der Waals surface area contributed by atoms with Crippen LogP contribution in [0.5, 0.6) is 0 Å². The minimum Gasteiger partial charge on any atom is -0.352 e. The molecule has 2 N–H and O–H groups in total. The fraction of sp³-hybridized carbons (Fsp3) is 0.278. The summed E-state index contributed by atoms with van der Waals surface area (Å²) in [5, 5.41) is 3.03. The third kappa shape index (κ3) is 4.24. The topological polar surface area (TPSA) is 50.4 Å². The van der Waals surface area contributed by atoms with Gasteiger partial charge in [-0.2, -0.15) is 0 Å². The molecule has 24 heavy (non-hydrogen) atoms. The summed E-state index contributed by atoms with van der Waals surface area (Å²) < 4.78 is 15.4. The largest absolute Gasteiger partial charge is 0.352 e. The van der Waals surface area contributed by atoms with E-state index in [0.29, 0.717) is 12.5 Å². The molecular weight excluding hydrogens is 422 g/mol. The summed E-state index contributed by atoms with van der Waals surface area (Å²) in [6.45, 7) is 2.43. The van der Waals surface area contributed by atoms with Gasteiger partial charge in [-0.3, -0.25) is 9.63 Å². The van der Waals surface area contributed by atoms with Crippen LogP contribution < -0.4 is 10.8 Å². The van der Waals surface area contributed by atoms with Gasteiger partial charge in [-0.1, -0.05) is 6.07 Å². The molecule has 3 rings (SSSR count). The number of carbonyl (C=O) groups excluding carboxylic acids is 1. The molecule has 4 nitrogen and oxygen atoms in total. The number of aryl methyl sites for hydroxylation is 1. The van der Waals surface area contributed by atoms with E-state index in [-0.39, 0.29) is 11.3 Å². The number of hydroxylamine groups is 1. The van der Waals surface area contributed by atoms with Gasteiger partial charge in [0.15, 0.2) is 0 Å². The number of para-hydroxylation sites is 1. The molecule has 1 aliphatic carbocycles. The van der Waals surface area contributed by atoms with Crippen LogP contribution in [0, 0.1) is 22.2 Å². The van der Waals surface area contributed by atoms with Crippen LogP contribution in [-0.2, 0) is 4.84 Å². The first-order chi connectivity index (χ1) is 11.5. The number of amides is 1. The van der Waals surface area contributed by atoms with Crippen LogP contribution >= 0.6 is 22.6 Å². The molecule has 0 unspecified atom stereocenters. The first-order valence-electron chi connectivity index (χ1n) is 7.78. The van der Waals surface area contributed by atoms with Crippen LogP contribution in [0.25, 0.3) is 0 Å². The Morgan fingerprint density at radius 3 is 2.83 bits per heavy atom. The van der Waals surface area contributed by atoms with Crippen LogP contribution in [0.15, 0.2) is 36.4 Å². The Kier molecular flexibility index (Phi) is 5.35. The highest BCUT2D eigenvalue weighted by Crippen LogP contribution is 2.29. The molecule has 6 heteroatoms. The fourth-order valence-corrected chi connectivity index (χ4v) is 2.95. The van der Waals surface area contributed by atoms with Gasteiger partial charge in [-0.05, 0) is 84.2 Å². The zero-order valence-corrected chi connectivity index (χ0v) is 15.4. The Morgan fingerprint density at radius 2 is 2.12 bits per heavy atom. The number of hydrogen-bond acceptors (Lipinski definition) is 3. The second-order valence-electron chi connectivity index (χ2n) is 5.93. The van der Waals surface area contributed by atoms with E-state index in [2.05, 4.69) is 33.4 Å². The molecule has 0 saturated heterocycles. The van der Waals surface area contributed by atoms with Gasteiger partial charge in [-0.25, -0.2) is 9.87 Å². The molecule has 2 aromatic carbocycles. The molecular formula is C18H18FIN2O2. The molecule has 0 atom stereocenters. The second-order valence-corrected chi connectivity index (χ2v) is 7.18. The molecule has 2 aromatic rings. The Bertz CT molecular complexity index is 763. The molecule has 0 bridgehead atoms. The predicted octanol–water partition coefficient (Wildman–Crippen LogP) is 4.55. The Morgan fingerprint density at radius 1 is 1.33 bits per heavy atom. The average molecular weight is 440 g/mol. The highest BCUT2D eigenvalue weighted by Gasteiger charge is 2.22. The van der Waals surface area contributed by atoms with Crippen molar-refractivity contribution in [3.63, 3.8) is 0 Å². The number of halogens is 2. The molecule has 0 spiro atoms. The number of rotatable bonds is 6. The molecule has 1 saturated carbocycles. The smallest absolute Gasteiger partial charge is 0.277 e. The molecule has 1 fully saturated rings. The van der Waals surface area contributed by atoms with Gasteiger partial charge in [0.1, 0.15) is 5.82 Å². The van der Waals surface area contributed by atoms with Crippen LogP contribution in [-0.4, -0.2) is 12.5 Å². The van der Waals surface area contributed by atoms with E-state index in [9.17, 15) is 9.18 Å². The SMILES string of the molecule is Cc1cc(I)ccc1Nc1c(F)cccc1C(=O)NOCC1CC1. The van der Waals surface area contributed by atoms with Gasteiger partial charge in [0.25, 0.3) is 5.91 Å². The molecule has 0 heterocycles. The lowest BCUT2D eigenvalue weighted by Crippen LogP contribution is -2.25. The first-order valence-corrected chi connectivity index (χ1v) is 8.86. The Labute approximate surface area is 153 Å². The van der Waals surface area contributed by atoms with Gasteiger partial charge in [0.05, 0.1) is 17.9 Å². The molecule has 0 aliphatic heterocycles. The minimum absolute atomic E-state index is 0.148. The second kappa shape index (κ2) is 7.48. The molecule has 1 aliphatic rings. The van der Waals surface area contributed by atoms with Gasteiger partial charge in [-0.15, -0.1) is 0 Å². The fourth-order valence-electron chi connectivity index (χ4n) is 2.31. The van der Waals surface area contributed by atoms with Gasteiger partial charge < -0.3 is 5.32 Å². The Balaban J connectivity index is 1.79. The highest BCUT2D eigenvalue weighted by atomic mass is 127. The summed E-state index contributed by atoms with van der Waals surface area (Å²) in [5.74, 6) is -0.409. The lowest BCUT2D eigenvalue weighted by molar-refractivity contribution is 0.0271. The van der Waals surface area contributed by atoms with Crippen molar-refractivity contribution in [3.8, 4) is 0 Å². The Hall–Kier alpha value is -1.67. The van der Waals surface area contributed by atoms with Gasteiger partial charge in [0, 0.05) is 9.26 Å². The average Bonchev–Trinajstić information content (AvgIpc) is 3.35. The van der Waals surface area contributed by atoms with Gasteiger partial charge >= 0.3 is 0 Å². The van der Waals surface area contributed by atoms with Crippen LogP contribution in [0.3, 0.4) is 0 Å². The van der Waals surface area contributed by atoms with Crippen molar-refractivity contribution in [3.05, 3.63) is 56.9 Å². The maximum atomic E-state index is 14.3. The number of nitrogens with one attached hydrogen (secondary N) is 2. The van der Waals surface area contributed by atoms with Crippen molar-refractivity contribution in [2.75, 3.05) is 11.9 Å². The van der Waals surface area contributed by atoms with E-state index < -0.39 is 11.7 Å². The molecule has 0 radical (unpaired) electrons. The maximum Gasteiger partial charge on any atom is 0.277 e. The van der Waals surface area contributed by atoms with E-state index >= 15 is 0 Å². The summed E-state index contributed by atoms with van der Waals surface area (Å²) in [4.78, 5) is 17.5. The van der Waals surface area contributed by atoms with Gasteiger partial charge in [0.2, 0.25) is 0 Å². The highest BCUT2D eigenvalue weighted by molar-refractivity contribution is 14.1. The van der Waals surface area contributed by atoms with Crippen molar-refractivity contribution in [1.29, 1.82) is 0 Å². The van der Waals surface area contributed by atoms with Crippen molar-refractivity contribution in [2.45, 2.75) is 19.8 Å². The third-order valence-corrected chi connectivity index (χ3v) is 4.56. The normalized spacial score (nSPS) is 13.6. The van der Waals surface area contributed by atoms with Crippen molar-refractivity contribution in [1.82, 2.24) is 5.48 Å². The lowest BCUT2D eigenvalue weighted by Gasteiger charge is -2.15. The van der Waals surface area contributed by atoms with Crippen LogP contribution in [0.1, 0.15) is 28.8 Å². The van der Waals surface area contributed by atoms with Crippen molar-refractivity contribution < 1.29 is 14.0 Å². The monoisotopic (exact) mass is 440 g/mol. The third-order valence-electron chi connectivity index (χ3n) is 3.89. The first kappa shape index (κ1) is 17.2. The molecule has 126 valence electrons. The predicted molar refractivity (Wildman–Crippen MR) is 99.7 cm³/mol. The van der Waals surface area contributed by atoms with Crippen molar-refractivity contribution >= 4 is 39.9 Å². The quantitative estimate of drug-likeness (QED) is 0.512. The maximum absolute atomic E-state index is 14.3. The minimum atomic E-state index is -0.484. The standard InChI is InChI=1S/C18H18FIN2O2/c1-11-9-13(20)7-8-16(11)21-17-14(3-2-4-15(17)19)18(23)22-24-10-12-5-6-12/h2-4,7-9,12,21H,5-6,10H2,1H3,(H,22,23). The summed E-state index contributed by atoms with van der Waals surface area (Å²) in [6.07, 6.45) is 2.27. The number of benzene rings is 2. The number of carbonyl (C=O) groups is 1.